The van der Waals surface area contributed by atoms with Crippen LogP contribution in [0.4, 0.5) is 17.2 Å². The van der Waals surface area contributed by atoms with E-state index in [1.54, 1.807) is 46.1 Å². The summed E-state index contributed by atoms with van der Waals surface area (Å²) in [6.07, 6.45) is 1.71. The zero-order valence-corrected chi connectivity index (χ0v) is 19.5. The molecule has 2 amide bonds. The number of hydrogen-bond acceptors (Lipinski definition) is 5. The number of carbonyl (C=O) groups excluding carboxylic acids is 2. The van der Waals surface area contributed by atoms with Crippen LogP contribution in [0.25, 0.3) is 0 Å². The van der Waals surface area contributed by atoms with E-state index in [9.17, 15) is 14.7 Å². The van der Waals surface area contributed by atoms with Crippen LogP contribution in [0, 0.1) is 0 Å². The number of benzene rings is 3. The quantitative estimate of drug-likeness (QED) is 0.406. The van der Waals surface area contributed by atoms with Gasteiger partial charge in [0.15, 0.2) is 5.60 Å². The van der Waals surface area contributed by atoms with Gasteiger partial charge in [-0.2, -0.15) is 5.10 Å². The molecule has 0 radical (unpaired) electrons. The summed E-state index contributed by atoms with van der Waals surface area (Å²) >= 11 is 6.57. The Kier molecular flexibility index (Phi) is 5.55. The minimum Gasteiger partial charge on any atom is -0.372 e. The predicted molar refractivity (Wildman–Crippen MR) is 134 cm³/mol. The maximum absolute atomic E-state index is 13.7. The van der Waals surface area contributed by atoms with Gasteiger partial charge in [0.05, 0.1) is 34.7 Å². The third-order valence-electron chi connectivity index (χ3n) is 6.20. The van der Waals surface area contributed by atoms with E-state index in [1.807, 2.05) is 31.3 Å². The fourth-order valence-corrected chi connectivity index (χ4v) is 4.59. The molecule has 5 rings (SSSR count). The molecule has 0 bridgehead atoms. The second-order valence-electron chi connectivity index (χ2n) is 8.31. The summed E-state index contributed by atoms with van der Waals surface area (Å²) in [6, 6.07) is 20.2. The molecule has 4 aromatic rings. The van der Waals surface area contributed by atoms with E-state index in [-0.39, 0.29) is 28.6 Å². The number of nitrogens with two attached hydrogens (primary N) is 1. The Labute approximate surface area is 206 Å². The fraction of sp³-hybridized carbons (Fsp3) is 0.115. The Bertz CT molecular complexity index is 1450. The lowest BCUT2D eigenvalue weighted by molar-refractivity contribution is -0.133. The van der Waals surface area contributed by atoms with Gasteiger partial charge in [-0.25, -0.2) is 0 Å². The van der Waals surface area contributed by atoms with Crippen molar-refractivity contribution in [2.45, 2.75) is 12.1 Å². The molecule has 1 aliphatic heterocycles. The number of para-hydroxylation sites is 2. The molecule has 35 heavy (non-hydrogen) atoms. The highest BCUT2D eigenvalue weighted by atomic mass is 35.5. The van der Waals surface area contributed by atoms with Gasteiger partial charge in [0.2, 0.25) is 0 Å². The zero-order chi connectivity index (χ0) is 24.7. The summed E-state index contributed by atoms with van der Waals surface area (Å²) in [5.74, 6) is -0.492. The lowest BCUT2D eigenvalue weighted by Crippen LogP contribution is -2.42. The molecule has 3 aromatic carbocycles. The van der Waals surface area contributed by atoms with Gasteiger partial charge in [-0.15, -0.1) is 0 Å². The standard InChI is InChI=1S/C26H22ClN5O3/c1-31-23-16(14-29-31)15-32(22-10-6-5-9-21(22)30-23)24(33)19-12-11-18(13-20(19)27)26(35,25(28)34)17-7-3-2-4-8-17/h2-14,30,35H,15H2,1H3,(H2,28,34). The van der Waals surface area contributed by atoms with E-state index < -0.39 is 11.5 Å². The SMILES string of the molecule is Cn1ncc2c1Nc1ccccc1N(C(=O)c1ccc(C(O)(C(N)=O)c3ccccc3)cc1Cl)C2. The van der Waals surface area contributed by atoms with Crippen LogP contribution in [0.15, 0.2) is 79.0 Å². The monoisotopic (exact) mass is 487 g/mol. The Morgan fingerprint density at radius 1 is 1.06 bits per heavy atom. The summed E-state index contributed by atoms with van der Waals surface area (Å²) in [5, 5.41) is 19.0. The van der Waals surface area contributed by atoms with Crippen molar-refractivity contribution in [2.75, 3.05) is 10.2 Å². The van der Waals surface area contributed by atoms with Crippen LogP contribution < -0.4 is 16.0 Å². The molecule has 1 unspecified atom stereocenters. The number of fused-ring (bicyclic) bond motifs is 2. The van der Waals surface area contributed by atoms with Crippen LogP contribution in [0.2, 0.25) is 5.02 Å². The van der Waals surface area contributed by atoms with Crippen molar-refractivity contribution in [3.63, 3.8) is 0 Å². The van der Waals surface area contributed by atoms with Gasteiger partial charge in [0.1, 0.15) is 5.82 Å². The number of halogens is 1. The average molecular weight is 488 g/mol. The summed E-state index contributed by atoms with van der Waals surface area (Å²) in [4.78, 5) is 27.7. The lowest BCUT2D eigenvalue weighted by Gasteiger charge is -2.27. The zero-order valence-electron chi connectivity index (χ0n) is 18.8. The molecule has 8 nitrogen and oxygen atoms in total. The summed E-state index contributed by atoms with van der Waals surface area (Å²) in [5.41, 5.74) is 6.47. The smallest absolute Gasteiger partial charge is 0.260 e. The highest BCUT2D eigenvalue weighted by Gasteiger charge is 2.39. The van der Waals surface area contributed by atoms with E-state index >= 15 is 0 Å². The number of aliphatic hydroxyl groups is 1. The molecular weight excluding hydrogens is 466 g/mol. The van der Waals surface area contributed by atoms with Gasteiger partial charge in [-0.1, -0.05) is 60.1 Å². The summed E-state index contributed by atoms with van der Waals surface area (Å²) in [7, 11) is 1.83. The molecule has 176 valence electrons. The largest absolute Gasteiger partial charge is 0.372 e. The van der Waals surface area contributed by atoms with Crippen molar-refractivity contribution in [3.8, 4) is 0 Å². The second-order valence-corrected chi connectivity index (χ2v) is 8.72. The van der Waals surface area contributed by atoms with Crippen molar-refractivity contribution in [3.05, 3.63) is 106 Å². The molecule has 0 fully saturated rings. The second kappa shape index (κ2) is 8.57. The Morgan fingerprint density at radius 3 is 2.49 bits per heavy atom. The maximum atomic E-state index is 13.7. The Balaban J connectivity index is 1.56. The van der Waals surface area contributed by atoms with Crippen LogP contribution in [-0.4, -0.2) is 26.7 Å². The van der Waals surface area contributed by atoms with Gasteiger partial charge in [0.25, 0.3) is 11.8 Å². The van der Waals surface area contributed by atoms with Crippen LogP contribution in [-0.2, 0) is 24.0 Å². The minimum atomic E-state index is -2.10. The molecule has 2 heterocycles. The first-order valence-corrected chi connectivity index (χ1v) is 11.2. The van der Waals surface area contributed by atoms with E-state index in [1.165, 1.54) is 18.2 Å². The minimum absolute atomic E-state index is 0.0872. The predicted octanol–water partition coefficient (Wildman–Crippen LogP) is 3.70. The van der Waals surface area contributed by atoms with Crippen molar-refractivity contribution in [1.82, 2.24) is 9.78 Å². The molecule has 0 saturated carbocycles. The molecule has 0 saturated heterocycles. The molecule has 0 aliphatic carbocycles. The highest BCUT2D eigenvalue weighted by Crippen LogP contribution is 2.38. The third-order valence-corrected chi connectivity index (χ3v) is 6.51. The molecule has 0 spiro atoms. The summed E-state index contributed by atoms with van der Waals surface area (Å²) < 4.78 is 1.72. The average Bonchev–Trinajstić information content (AvgIpc) is 3.11. The highest BCUT2D eigenvalue weighted by molar-refractivity contribution is 6.34. The Hall–Kier alpha value is -4.14. The maximum Gasteiger partial charge on any atom is 0.260 e. The van der Waals surface area contributed by atoms with Crippen LogP contribution in [0.5, 0.6) is 0 Å². The first kappa shape index (κ1) is 22.6. The van der Waals surface area contributed by atoms with E-state index in [0.29, 0.717) is 11.3 Å². The van der Waals surface area contributed by atoms with Gasteiger partial charge in [-0.05, 0) is 35.4 Å². The lowest BCUT2D eigenvalue weighted by atomic mass is 9.85. The van der Waals surface area contributed by atoms with Gasteiger partial charge in [0, 0.05) is 12.6 Å². The third kappa shape index (κ3) is 3.73. The molecular formula is C26H22ClN5O3. The number of nitrogens with one attached hydrogen (secondary N) is 1. The first-order chi connectivity index (χ1) is 16.8. The first-order valence-electron chi connectivity index (χ1n) is 10.9. The van der Waals surface area contributed by atoms with Crippen LogP contribution >= 0.6 is 11.6 Å². The van der Waals surface area contributed by atoms with Gasteiger partial charge < -0.3 is 21.1 Å². The number of hydrogen-bond donors (Lipinski definition) is 3. The molecule has 1 atom stereocenters. The number of rotatable bonds is 4. The van der Waals surface area contributed by atoms with Crippen molar-refractivity contribution in [1.29, 1.82) is 0 Å². The van der Waals surface area contributed by atoms with Crippen molar-refractivity contribution >= 4 is 40.6 Å². The Morgan fingerprint density at radius 2 is 1.77 bits per heavy atom. The number of aryl methyl sites for hydroxylation is 1. The fourth-order valence-electron chi connectivity index (χ4n) is 4.33. The number of carbonyl (C=O) groups is 2. The van der Waals surface area contributed by atoms with Crippen molar-refractivity contribution < 1.29 is 14.7 Å². The number of anilines is 3. The van der Waals surface area contributed by atoms with Crippen LogP contribution in [0.3, 0.4) is 0 Å². The van der Waals surface area contributed by atoms with Gasteiger partial charge >= 0.3 is 0 Å². The van der Waals surface area contributed by atoms with E-state index in [4.69, 9.17) is 17.3 Å². The molecule has 9 heteroatoms. The topological polar surface area (TPSA) is 113 Å². The molecule has 4 N–H and O–H groups in total. The number of primary amides is 1. The van der Waals surface area contributed by atoms with E-state index in [0.717, 1.165) is 17.1 Å². The molecule has 1 aliphatic rings. The summed E-state index contributed by atoms with van der Waals surface area (Å²) in [6.45, 7) is 0.277. The van der Waals surface area contributed by atoms with E-state index in [2.05, 4.69) is 10.4 Å². The number of aromatic nitrogens is 2. The van der Waals surface area contributed by atoms with Crippen molar-refractivity contribution in [2.24, 2.45) is 12.8 Å². The van der Waals surface area contributed by atoms with Gasteiger partial charge in [-0.3, -0.25) is 14.3 Å². The molecule has 1 aromatic heterocycles. The number of amides is 2. The normalized spacial score (nSPS) is 14.2. The number of nitrogens with zero attached hydrogens (tertiary/aromatic N) is 3. The van der Waals surface area contributed by atoms with Crippen LogP contribution in [0.1, 0.15) is 27.0 Å².